The highest BCUT2D eigenvalue weighted by molar-refractivity contribution is 8.00. The molecule has 2 amide bonds. The molecule has 0 saturated carbocycles. The van der Waals surface area contributed by atoms with Crippen LogP contribution < -0.4 is 10.2 Å². The fourth-order valence-electron chi connectivity index (χ4n) is 3.02. The number of thioether (sulfide) groups is 1. The van der Waals surface area contributed by atoms with Gasteiger partial charge in [-0.1, -0.05) is 41.6 Å². The topological polar surface area (TPSA) is 45.5 Å². The summed E-state index contributed by atoms with van der Waals surface area (Å²) < 4.78 is 5.58. The Bertz CT molecular complexity index is 921. The van der Waals surface area contributed by atoms with Crippen LogP contribution in [0.4, 0.5) is 16.2 Å². The van der Waals surface area contributed by atoms with Gasteiger partial charge in [0.25, 0.3) is 0 Å². The lowest BCUT2D eigenvalue weighted by molar-refractivity contribution is 0.256. The highest BCUT2D eigenvalue weighted by Crippen LogP contribution is 2.51. The Morgan fingerprint density at radius 2 is 1.96 bits per heavy atom. The summed E-state index contributed by atoms with van der Waals surface area (Å²) in [5.41, 5.74) is 3.94. The molecule has 4 nitrogen and oxygen atoms in total. The first-order valence-electron chi connectivity index (χ1n) is 8.10. The molecule has 0 saturated heterocycles. The molecule has 126 valence electrons. The molecule has 1 aromatic heterocycles. The van der Waals surface area contributed by atoms with Crippen LogP contribution in [0.25, 0.3) is 0 Å². The number of aryl methyl sites for hydroxylation is 2. The number of amides is 2. The molecular weight excluding hydrogens is 332 g/mol. The van der Waals surface area contributed by atoms with Crippen molar-refractivity contribution in [1.29, 1.82) is 0 Å². The van der Waals surface area contributed by atoms with E-state index in [2.05, 4.69) is 11.4 Å². The van der Waals surface area contributed by atoms with E-state index in [4.69, 9.17) is 4.42 Å². The van der Waals surface area contributed by atoms with E-state index >= 15 is 0 Å². The third-order valence-corrected chi connectivity index (χ3v) is 5.49. The van der Waals surface area contributed by atoms with Gasteiger partial charge in [-0.2, -0.15) is 0 Å². The summed E-state index contributed by atoms with van der Waals surface area (Å²) in [4.78, 5) is 15.9. The van der Waals surface area contributed by atoms with Crippen LogP contribution in [-0.2, 0) is 0 Å². The van der Waals surface area contributed by atoms with Gasteiger partial charge in [0.2, 0.25) is 0 Å². The van der Waals surface area contributed by atoms with Gasteiger partial charge in [-0.3, -0.25) is 4.90 Å². The van der Waals surface area contributed by atoms with E-state index < -0.39 is 0 Å². The van der Waals surface area contributed by atoms with Crippen molar-refractivity contribution >= 4 is 29.2 Å². The number of fused-ring (bicyclic) bond motifs is 1. The van der Waals surface area contributed by atoms with Crippen LogP contribution in [0.3, 0.4) is 0 Å². The van der Waals surface area contributed by atoms with Gasteiger partial charge in [0, 0.05) is 10.6 Å². The molecular formula is C20H18N2O2S. The lowest BCUT2D eigenvalue weighted by Crippen LogP contribution is -2.34. The fraction of sp³-hybridized carbons (Fsp3) is 0.150. The van der Waals surface area contributed by atoms with E-state index in [-0.39, 0.29) is 11.4 Å². The van der Waals surface area contributed by atoms with E-state index in [1.54, 1.807) is 22.9 Å². The van der Waals surface area contributed by atoms with Crippen molar-refractivity contribution in [3.8, 4) is 0 Å². The van der Waals surface area contributed by atoms with Crippen LogP contribution in [0.5, 0.6) is 0 Å². The summed E-state index contributed by atoms with van der Waals surface area (Å²) in [5, 5.41) is 2.83. The summed E-state index contributed by atoms with van der Waals surface area (Å²) in [7, 11) is 0. The van der Waals surface area contributed by atoms with Crippen molar-refractivity contribution in [3.05, 3.63) is 77.7 Å². The summed E-state index contributed by atoms with van der Waals surface area (Å²) in [6.45, 7) is 4.04. The largest absolute Gasteiger partial charge is 0.466 e. The SMILES string of the molecule is Cc1ccc(NC(=O)N2c3ccccc3SC2c2ccco2)c(C)c1. The van der Waals surface area contributed by atoms with E-state index in [9.17, 15) is 4.79 Å². The molecule has 25 heavy (non-hydrogen) atoms. The first-order valence-corrected chi connectivity index (χ1v) is 8.98. The molecule has 1 aliphatic rings. The van der Waals surface area contributed by atoms with Crippen molar-refractivity contribution in [2.75, 3.05) is 10.2 Å². The molecule has 0 bridgehead atoms. The Morgan fingerprint density at radius 3 is 2.72 bits per heavy atom. The highest BCUT2D eigenvalue weighted by atomic mass is 32.2. The van der Waals surface area contributed by atoms with Crippen molar-refractivity contribution in [2.45, 2.75) is 24.1 Å². The Balaban J connectivity index is 1.68. The van der Waals surface area contributed by atoms with Gasteiger partial charge in [0.1, 0.15) is 11.1 Å². The average molecular weight is 350 g/mol. The molecule has 3 aromatic rings. The fourth-order valence-corrected chi connectivity index (χ4v) is 4.27. The monoisotopic (exact) mass is 350 g/mol. The van der Waals surface area contributed by atoms with Gasteiger partial charge in [0.15, 0.2) is 0 Å². The summed E-state index contributed by atoms with van der Waals surface area (Å²) in [5.74, 6) is 0.761. The number of para-hydroxylation sites is 1. The minimum Gasteiger partial charge on any atom is -0.466 e. The Labute approximate surface area is 150 Å². The number of benzene rings is 2. The van der Waals surface area contributed by atoms with Crippen LogP contribution in [-0.4, -0.2) is 6.03 Å². The quantitative estimate of drug-likeness (QED) is 0.641. The molecule has 1 N–H and O–H groups in total. The molecule has 5 heteroatoms. The number of hydrogen-bond acceptors (Lipinski definition) is 3. The predicted molar refractivity (Wildman–Crippen MR) is 101 cm³/mol. The molecule has 1 aliphatic heterocycles. The second-order valence-corrected chi connectivity index (χ2v) is 7.19. The van der Waals surface area contributed by atoms with Crippen LogP contribution in [0.2, 0.25) is 0 Å². The van der Waals surface area contributed by atoms with Gasteiger partial charge >= 0.3 is 6.03 Å². The average Bonchev–Trinajstić information content (AvgIpc) is 3.24. The number of hydrogen-bond donors (Lipinski definition) is 1. The number of rotatable bonds is 2. The second-order valence-electron chi connectivity index (χ2n) is 6.07. The van der Waals surface area contributed by atoms with Crippen LogP contribution in [0, 0.1) is 13.8 Å². The molecule has 0 fully saturated rings. The second kappa shape index (κ2) is 6.33. The molecule has 0 radical (unpaired) electrons. The smallest absolute Gasteiger partial charge is 0.327 e. The van der Waals surface area contributed by atoms with E-state index in [1.807, 2.05) is 62.4 Å². The number of furan rings is 1. The van der Waals surface area contributed by atoms with Crippen molar-refractivity contribution < 1.29 is 9.21 Å². The van der Waals surface area contributed by atoms with Gasteiger partial charge in [-0.25, -0.2) is 4.79 Å². The zero-order valence-electron chi connectivity index (χ0n) is 14.0. The number of nitrogens with one attached hydrogen (secondary N) is 1. The third kappa shape index (κ3) is 2.91. The molecule has 1 atom stereocenters. The number of carbonyl (C=O) groups is 1. The van der Waals surface area contributed by atoms with E-state index in [1.165, 1.54) is 5.56 Å². The Hall–Kier alpha value is -2.66. The molecule has 4 rings (SSSR count). The Morgan fingerprint density at radius 1 is 1.12 bits per heavy atom. The van der Waals surface area contributed by atoms with Gasteiger partial charge in [-0.05, 0) is 49.7 Å². The minimum atomic E-state index is -0.210. The first kappa shape index (κ1) is 15.8. The number of carbonyl (C=O) groups excluding carboxylic acids is 1. The summed E-state index contributed by atoms with van der Waals surface area (Å²) in [6.07, 6.45) is 1.64. The summed E-state index contributed by atoms with van der Waals surface area (Å²) in [6, 6.07) is 17.5. The number of anilines is 2. The van der Waals surface area contributed by atoms with E-state index in [0.29, 0.717) is 0 Å². The zero-order chi connectivity index (χ0) is 17.4. The van der Waals surface area contributed by atoms with Crippen molar-refractivity contribution in [1.82, 2.24) is 0 Å². The van der Waals surface area contributed by atoms with Crippen LogP contribution in [0.1, 0.15) is 22.3 Å². The Kier molecular flexibility index (Phi) is 4.01. The van der Waals surface area contributed by atoms with Gasteiger partial charge < -0.3 is 9.73 Å². The zero-order valence-corrected chi connectivity index (χ0v) is 14.8. The maximum absolute atomic E-state index is 13.1. The lowest BCUT2D eigenvalue weighted by atomic mass is 10.1. The molecule has 2 aromatic carbocycles. The van der Waals surface area contributed by atoms with E-state index in [0.717, 1.165) is 27.6 Å². The minimum absolute atomic E-state index is 0.161. The standard InChI is InChI=1S/C20H18N2O2S/c1-13-9-10-15(14(2)12-13)21-20(23)22-16-6-3-4-8-18(16)25-19(22)17-7-5-11-24-17/h3-12,19H,1-2H3,(H,21,23). The summed E-state index contributed by atoms with van der Waals surface area (Å²) >= 11 is 1.62. The van der Waals surface area contributed by atoms with Gasteiger partial charge in [-0.15, -0.1) is 0 Å². The number of nitrogens with zero attached hydrogens (tertiary/aromatic N) is 1. The highest BCUT2D eigenvalue weighted by Gasteiger charge is 2.37. The molecule has 0 spiro atoms. The van der Waals surface area contributed by atoms with Gasteiger partial charge in [0.05, 0.1) is 12.0 Å². The maximum atomic E-state index is 13.1. The van der Waals surface area contributed by atoms with Crippen molar-refractivity contribution in [3.63, 3.8) is 0 Å². The molecule has 1 unspecified atom stereocenters. The predicted octanol–water partition coefficient (Wildman–Crippen LogP) is 5.74. The lowest BCUT2D eigenvalue weighted by Gasteiger charge is -2.24. The molecule has 2 heterocycles. The maximum Gasteiger partial charge on any atom is 0.327 e. The van der Waals surface area contributed by atoms with Crippen LogP contribution in [0.15, 0.2) is 70.2 Å². The third-order valence-electron chi connectivity index (χ3n) is 4.23. The van der Waals surface area contributed by atoms with Crippen molar-refractivity contribution in [2.24, 2.45) is 0 Å². The normalized spacial score (nSPS) is 15.9. The van der Waals surface area contributed by atoms with Crippen LogP contribution >= 0.6 is 11.8 Å². The molecule has 0 aliphatic carbocycles. The number of urea groups is 1. The first-order chi connectivity index (χ1) is 12.1.